The molecule has 0 N–H and O–H groups in total. The summed E-state index contributed by atoms with van der Waals surface area (Å²) in [5, 5.41) is 5.19. The Kier molecular flexibility index (Phi) is 5.22. The third-order valence-electron chi connectivity index (χ3n) is 7.67. The Morgan fingerprint density at radius 1 is 0.436 bits per heavy atom. The number of fused-ring (bicyclic) bond motifs is 6. The van der Waals surface area contributed by atoms with Gasteiger partial charge in [-0.2, -0.15) is 0 Å². The fraction of sp³-hybridized carbons (Fsp3) is 0. The van der Waals surface area contributed by atoms with Crippen molar-refractivity contribution in [3.63, 3.8) is 0 Å². The van der Waals surface area contributed by atoms with Gasteiger partial charge in [0.25, 0.3) is 0 Å². The van der Waals surface area contributed by atoms with E-state index in [0.29, 0.717) is 0 Å². The third kappa shape index (κ3) is 3.73. The maximum absolute atomic E-state index is 3.62. The highest BCUT2D eigenvalue weighted by atomic mass is 79.9. The van der Waals surface area contributed by atoms with Gasteiger partial charge in [-0.1, -0.05) is 94.8 Å². The van der Waals surface area contributed by atoms with Gasteiger partial charge in [-0.05, 0) is 76.9 Å². The molecule has 0 radical (unpaired) electrons. The summed E-state index contributed by atoms with van der Waals surface area (Å²) >= 11 is 5.48. The molecule has 39 heavy (non-hydrogen) atoms. The molecule has 8 rings (SSSR count). The molecule has 2 heterocycles. The number of hydrogen-bond donors (Lipinski definition) is 0. The van der Waals surface area contributed by atoms with Crippen LogP contribution in [0.2, 0.25) is 0 Å². The van der Waals surface area contributed by atoms with E-state index in [9.17, 15) is 0 Å². The van der Waals surface area contributed by atoms with E-state index >= 15 is 0 Å². The van der Waals surface area contributed by atoms with Gasteiger partial charge in [-0.15, -0.1) is 11.3 Å². The number of benzene rings is 6. The Labute approximate surface area is 238 Å². The predicted octanol–water partition coefficient (Wildman–Crippen LogP) is 11.2. The zero-order valence-electron chi connectivity index (χ0n) is 20.9. The van der Waals surface area contributed by atoms with Crippen molar-refractivity contribution in [2.45, 2.75) is 0 Å². The fourth-order valence-electron chi connectivity index (χ4n) is 5.79. The lowest BCUT2D eigenvalue weighted by atomic mass is 9.98. The van der Waals surface area contributed by atoms with E-state index in [4.69, 9.17) is 0 Å². The van der Waals surface area contributed by atoms with Crippen LogP contribution in [0.15, 0.2) is 138 Å². The first-order valence-corrected chi connectivity index (χ1v) is 14.7. The van der Waals surface area contributed by atoms with E-state index in [0.717, 1.165) is 4.47 Å². The largest absolute Gasteiger partial charge is 0.309 e. The van der Waals surface area contributed by atoms with Crippen molar-refractivity contribution in [2.24, 2.45) is 0 Å². The second-order valence-electron chi connectivity index (χ2n) is 9.95. The van der Waals surface area contributed by atoms with Crippen molar-refractivity contribution < 1.29 is 0 Å². The molecule has 0 saturated carbocycles. The van der Waals surface area contributed by atoms with Gasteiger partial charge in [-0.3, -0.25) is 0 Å². The van der Waals surface area contributed by atoms with Crippen molar-refractivity contribution in [1.82, 2.24) is 4.57 Å². The first-order valence-electron chi connectivity index (χ1n) is 13.0. The monoisotopic (exact) mass is 579 g/mol. The summed E-state index contributed by atoms with van der Waals surface area (Å²) in [5.74, 6) is 0. The molecule has 0 aliphatic heterocycles. The molecule has 0 fully saturated rings. The highest BCUT2D eigenvalue weighted by Crippen LogP contribution is 2.39. The van der Waals surface area contributed by atoms with Gasteiger partial charge >= 0.3 is 0 Å². The second kappa shape index (κ2) is 8.94. The lowest BCUT2D eigenvalue weighted by molar-refractivity contribution is 1.18. The zero-order chi connectivity index (χ0) is 25.9. The van der Waals surface area contributed by atoms with Gasteiger partial charge < -0.3 is 4.57 Å². The number of para-hydroxylation sites is 2. The van der Waals surface area contributed by atoms with Crippen molar-refractivity contribution >= 4 is 69.2 Å². The minimum absolute atomic E-state index is 1.12. The summed E-state index contributed by atoms with van der Waals surface area (Å²) in [4.78, 5) is 0. The molecule has 0 aliphatic rings. The number of nitrogens with zero attached hydrogens (tertiary/aromatic N) is 1. The predicted molar refractivity (Wildman–Crippen MR) is 172 cm³/mol. The third-order valence-corrected chi connectivity index (χ3v) is 9.30. The average molecular weight is 581 g/mol. The molecule has 0 spiro atoms. The number of hydrogen-bond acceptors (Lipinski definition) is 1. The standard InChI is InChI=1S/C36H22BrNS/c37-27-16-19-35-32(22-27)30-17-14-26(21-36(30)39-35)24-12-10-23(11-13-24)25-15-18-34-31(20-25)29-8-4-5-9-33(29)38(34)28-6-2-1-3-7-28/h1-22H. The van der Waals surface area contributed by atoms with Crippen LogP contribution >= 0.6 is 27.3 Å². The van der Waals surface area contributed by atoms with E-state index in [-0.39, 0.29) is 0 Å². The van der Waals surface area contributed by atoms with Gasteiger partial charge in [0.15, 0.2) is 0 Å². The summed E-state index contributed by atoms with van der Waals surface area (Å²) in [7, 11) is 0. The molecular weight excluding hydrogens is 558 g/mol. The Morgan fingerprint density at radius 2 is 1.10 bits per heavy atom. The molecule has 3 heteroatoms. The molecule has 184 valence electrons. The van der Waals surface area contributed by atoms with Crippen molar-refractivity contribution in [3.8, 4) is 27.9 Å². The maximum Gasteiger partial charge on any atom is 0.0541 e. The molecule has 0 aliphatic carbocycles. The molecule has 0 unspecified atom stereocenters. The van der Waals surface area contributed by atoms with Crippen LogP contribution in [0.25, 0.3) is 69.9 Å². The van der Waals surface area contributed by atoms with E-state index in [1.54, 1.807) is 0 Å². The lowest BCUT2D eigenvalue weighted by Gasteiger charge is -2.08. The first kappa shape index (κ1) is 22.8. The molecule has 0 bridgehead atoms. The summed E-state index contributed by atoms with van der Waals surface area (Å²) in [6.07, 6.45) is 0. The Hall–Kier alpha value is -4.18. The van der Waals surface area contributed by atoms with Crippen LogP contribution in [0.1, 0.15) is 0 Å². The normalized spacial score (nSPS) is 11.7. The number of rotatable bonds is 3. The fourth-order valence-corrected chi connectivity index (χ4v) is 7.28. The Balaban J connectivity index is 1.20. The van der Waals surface area contributed by atoms with Crippen LogP contribution in [0.3, 0.4) is 0 Å². The highest BCUT2D eigenvalue weighted by molar-refractivity contribution is 9.10. The molecule has 0 saturated heterocycles. The van der Waals surface area contributed by atoms with E-state index in [1.165, 1.54) is 69.9 Å². The van der Waals surface area contributed by atoms with Gasteiger partial charge in [0.2, 0.25) is 0 Å². The van der Waals surface area contributed by atoms with Crippen LogP contribution in [0.5, 0.6) is 0 Å². The quantitative estimate of drug-likeness (QED) is 0.196. The summed E-state index contributed by atoms with van der Waals surface area (Å²) < 4.78 is 6.13. The first-order chi connectivity index (χ1) is 19.2. The molecule has 6 aromatic carbocycles. The van der Waals surface area contributed by atoms with Crippen LogP contribution in [-0.4, -0.2) is 4.57 Å². The second-order valence-corrected chi connectivity index (χ2v) is 12.0. The van der Waals surface area contributed by atoms with E-state index in [1.807, 2.05) is 11.3 Å². The Bertz CT molecular complexity index is 2170. The van der Waals surface area contributed by atoms with Gasteiger partial charge in [0.1, 0.15) is 0 Å². The molecule has 0 amide bonds. The molecule has 8 aromatic rings. The SMILES string of the molecule is Brc1ccc2sc3cc(-c4ccc(-c5ccc6c(c5)c5ccccc5n6-c5ccccc5)cc4)ccc3c2c1. The topological polar surface area (TPSA) is 4.93 Å². The number of halogens is 1. The molecule has 0 atom stereocenters. The average Bonchev–Trinajstić information content (AvgIpc) is 3.52. The minimum atomic E-state index is 1.12. The van der Waals surface area contributed by atoms with Crippen LogP contribution in [0.4, 0.5) is 0 Å². The Morgan fingerprint density at radius 3 is 1.92 bits per heavy atom. The van der Waals surface area contributed by atoms with E-state index in [2.05, 4.69) is 154 Å². The molecule has 2 aromatic heterocycles. The maximum atomic E-state index is 3.62. The smallest absolute Gasteiger partial charge is 0.0541 e. The summed E-state index contributed by atoms with van der Waals surface area (Å²) in [6, 6.07) is 48.5. The van der Waals surface area contributed by atoms with Crippen LogP contribution < -0.4 is 0 Å². The lowest BCUT2D eigenvalue weighted by Crippen LogP contribution is -1.92. The van der Waals surface area contributed by atoms with Crippen molar-refractivity contribution in [3.05, 3.63) is 138 Å². The van der Waals surface area contributed by atoms with Gasteiger partial charge in [-0.25, -0.2) is 0 Å². The molecule has 1 nitrogen and oxygen atoms in total. The number of thiophene rings is 1. The summed E-state index contributed by atoms with van der Waals surface area (Å²) in [5.41, 5.74) is 8.59. The van der Waals surface area contributed by atoms with Crippen LogP contribution in [0, 0.1) is 0 Å². The highest BCUT2D eigenvalue weighted by Gasteiger charge is 2.13. The van der Waals surface area contributed by atoms with Gasteiger partial charge in [0.05, 0.1) is 11.0 Å². The summed E-state index contributed by atoms with van der Waals surface area (Å²) in [6.45, 7) is 0. The molecular formula is C36H22BrNS. The van der Waals surface area contributed by atoms with Crippen molar-refractivity contribution in [2.75, 3.05) is 0 Å². The van der Waals surface area contributed by atoms with Crippen LogP contribution in [-0.2, 0) is 0 Å². The minimum Gasteiger partial charge on any atom is -0.309 e. The van der Waals surface area contributed by atoms with Crippen molar-refractivity contribution in [1.29, 1.82) is 0 Å². The zero-order valence-corrected chi connectivity index (χ0v) is 23.3. The van der Waals surface area contributed by atoms with Gasteiger partial charge in [0, 0.05) is 41.1 Å². The number of aromatic nitrogens is 1. The van der Waals surface area contributed by atoms with E-state index < -0.39 is 0 Å².